The molecule has 21 heavy (non-hydrogen) atoms. The summed E-state index contributed by atoms with van der Waals surface area (Å²) in [7, 11) is 0. The largest absolute Gasteiger partial charge is 0.394 e. The Morgan fingerprint density at radius 3 is 2.48 bits per heavy atom. The molecule has 6 nitrogen and oxygen atoms in total. The van der Waals surface area contributed by atoms with Crippen molar-refractivity contribution in [1.82, 2.24) is 15.0 Å². The van der Waals surface area contributed by atoms with Crippen LogP contribution in [0.1, 0.15) is 22.5 Å². The quantitative estimate of drug-likeness (QED) is 0.678. The minimum absolute atomic E-state index is 0.173. The summed E-state index contributed by atoms with van der Waals surface area (Å²) in [5, 5.41) is 35.6. The summed E-state index contributed by atoms with van der Waals surface area (Å²) >= 11 is 0. The second kappa shape index (κ2) is 7.31. The molecule has 1 atom stereocenters. The monoisotopic (exact) mass is 291 g/mol. The zero-order valence-corrected chi connectivity index (χ0v) is 12.1. The van der Waals surface area contributed by atoms with E-state index >= 15 is 0 Å². The molecule has 1 aromatic carbocycles. The predicted octanol–water partition coefficient (Wildman–Crippen LogP) is 0.217. The normalized spacial score (nSPS) is 12.6. The summed E-state index contributed by atoms with van der Waals surface area (Å²) in [4.78, 5) is 0. The van der Waals surface area contributed by atoms with Gasteiger partial charge < -0.3 is 15.3 Å². The minimum atomic E-state index is -0.878. The van der Waals surface area contributed by atoms with Gasteiger partial charge in [-0.3, -0.25) is 0 Å². The van der Waals surface area contributed by atoms with Crippen LogP contribution in [0.4, 0.5) is 0 Å². The molecule has 114 valence electrons. The number of aryl methyl sites for hydroxylation is 2. The van der Waals surface area contributed by atoms with E-state index in [0.717, 1.165) is 12.1 Å². The third-order valence-corrected chi connectivity index (χ3v) is 3.43. The van der Waals surface area contributed by atoms with Gasteiger partial charge in [0.25, 0.3) is 0 Å². The molecule has 0 amide bonds. The minimum Gasteiger partial charge on any atom is -0.394 e. The highest BCUT2D eigenvalue weighted by molar-refractivity contribution is 5.22. The van der Waals surface area contributed by atoms with Crippen LogP contribution in [0.2, 0.25) is 0 Å². The van der Waals surface area contributed by atoms with Gasteiger partial charge in [0.1, 0.15) is 5.69 Å². The fourth-order valence-electron chi connectivity index (χ4n) is 2.19. The van der Waals surface area contributed by atoms with Crippen LogP contribution in [0.3, 0.4) is 0 Å². The topological polar surface area (TPSA) is 91.4 Å². The molecule has 0 aliphatic carbocycles. The van der Waals surface area contributed by atoms with Gasteiger partial charge in [-0.15, -0.1) is 5.10 Å². The Balaban J connectivity index is 2.10. The SMILES string of the molecule is Cc1ccc(CCc2c(CO)nnn2CC(O)CO)cc1. The van der Waals surface area contributed by atoms with Gasteiger partial charge in [0.15, 0.2) is 0 Å². The Bertz CT molecular complexity index is 566. The molecule has 0 radical (unpaired) electrons. The van der Waals surface area contributed by atoms with E-state index in [4.69, 9.17) is 5.11 Å². The molecule has 6 heteroatoms. The van der Waals surface area contributed by atoms with E-state index in [2.05, 4.69) is 34.6 Å². The molecule has 2 aromatic rings. The van der Waals surface area contributed by atoms with E-state index in [1.165, 1.54) is 11.1 Å². The Labute approximate surface area is 123 Å². The lowest BCUT2D eigenvalue weighted by Gasteiger charge is -2.11. The van der Waals surface area contributed by atoms with Crippen LogP contribution in [0, 0.1) is 6.92 Å². The van der Waals surface area contributed by atoms with Crippen molar-refractivity contribution in [3.05, 3.63) is 46.8 Å². The highest BCUT2D eigenvalue weighted by Crippen LogP contribution is 2.12. The maximum atomic E-state index is 9.53. The Kier molecular flexibility index (Phi) is 5.44. The van der Waals surface area contributed by atoms with Crippen molar-refractivity contribution in [3.63, 3.8) is 0 Å². The molecule has 1 aromatic heterocycles. The van der Waals surface area contributed by atoms with E-state index in [0.29, 0.717) is 12.1 Å². The smallest absolute Gasteiger partial charge is 0.111 e. The maximum Gasteiger partial charge on any atom is 0.111 e. The van der Waals surface area contributed by atoms with Crippen LogP contribution >= 0.6 is 0 Å². The second-order valence-corrected chi connectivity index (χ2v) is 5.15. The molecule has 1 unspecified atom stereocenters. The van der Waals surface area contributed by atoms with Crippen molar-refractivity contribution >= 4 is 0 Å². The highest BCUT2D eigenvalue weighted by atomic mass is 16.3. The van der Waals surface area contributed by atoms with Gasteiger partial charge in [-0.1, -0.05) is 35.0 Å². The highest BCUT2D eigenvalue weighted by Gasteiger charge is 2.14. The number of hydrogen-bond donors (Lipinski definition) is 3. The maximum absolute atomic E-state index is 9.53. The van der Waals surface area contributed by atoms with Crippen molar-refractivity contribution in [1.29, 1.82) is 0 Å². The van der Waals surface area contributed by atoms with Gasteiger partial charge in [-0.25, -0.2) is 4.68 Å². The zero-order chi connectivity index (χ0) is 15.2. The van der Waals surface area contributed by atoms with Crippen molar-refractivity contribution in [2.24, 2.45) is 0 Å². The summed E-state index contributed by atoms with van der Waals surface area (Å²) in [6.45, 7) is 1.71. The number of nitrogens with zero attached hydrogens (tertiary/aromatic N) is 3. The van der Waals surface area contributed by atoms with E-state index in [1.807, 2.05) is 6.92 Å². The lowest BCUT2D eigenvalue weighted by molar-refractivity contribution is 0.0770. The van der Waals surface area contributed by atoms with Crippen LogP contribution in [0.5, 0.6) is 0 Å². The van der Waals surface area contributed by atoms with E-state index in [9.17, 15) is 10.2 Å². The lowest BCUT2D eigenvalue weighted by Crippen LogP contribution is -2.22. The number of hydrogen-bond acceptors (Lipinski definition) is 5. The first-order valence-electron chi connectivity index (χ1n) is 7.00. The van der Waals surface area contributed by atoms with Gasteiger partial charge >= 0.3 is 0 Å². The molecule has 3 N–H and O–H groups in total. The molecule has 0 spiro atoms. The third-order valence-electron chi connectivity index (χ3n) is 3.43. The van der Waals surface area contributed by atoms with Crippen LogP contribution in [0.15, 0.2) is 24.3 Å². The van der Waals surface area contributed by atoms with Crippen molar-refractivity contribution in [2.75, 3.05) is 6.61 Å². The number of aliphatic hydroxyl groups is 3. The Hall–Kier alpha value is -1.76. The fraction of sp³-hybridized carbons (Fsp3) is 0.467. The van der Waals surface area contributed by atoms with Crippen molar-refractivity contribution in [2.45, 2.75) is 39.0 Å². The summed E-state index contributed by atoms with van der Waals surface area (Å²) in [5.74, 6) is 0. The molecule has 0 saturated heterocycles. The molecule has 1 heterocycles. The van der Waals surface area contributed by atoms with Gasteiger partial charge in [0.05, 0.1) is 31.6 Å². The average Bonchev–Trinajstić information content (AvgIpc) is 2.88. The van der Waals surface area contributed by atoms with Crippen LogP contribution < -0.4 is 0 Å². The fourth-order valence-corrected chi connectivity index (χ4v) is 2.19. The van der Waals surface area contributed by atoms with Gasteiger partial charge in [-0.05, 0) is 25.3 Å². The Morgan fingerprint density at radius 1 is 1.14 bits per heavy atom. The summed E-state index contributed by atoms with van der Waals surface area (Å²) < 4.78 is 1.56. The summed E-state index contributed by atoms with van der Waals surface area (Å²) in [6, 6.07) is 8.27. The standard InChI is InChI=1S/C15H21N3O3/c1-11-2-4-12(5-3-11)6-7-15-14(10-20)16-17-18(15)8-13(21)9-19/h2-5,13,19-21H,6-10H2,1H3. The van der Waals surface area contributed by atoms with Gasteiger partial charge in [0.2, 0.25) is 0 Å². The number of rotatable bonds is 7. The first-order valence-corrected chi connectivity index (χ1v) is 7.00. The molecule has 0 bridgehead atoms. The zero-order valence-electron chi connectivity index (χ0n) is 12.1. The molecule has 0 saturated carbocycles. The van der Waals surface area contributed by atoms with E-state index in [1.54, 1.807) is 4.68 Å². The van der Waals surface area contributed by atoms with Gasteiger partial charge in [-0.2, -0.15) is 0 Å². The molecule has 2 rings (SSSR count). The summed E-state index contributed by atoms with van der Waals surface area (Å²) in [6.07, 6.45) is 0.594. The molecular weight excluding hydrogens is 270 g/mol. The number of aliphatic hydroxyl groups excluding tert-OH is 3. The number of aromatic nitrogens is 3. The predicted molar refractivity (Wildman–Crippen MR) is 77.6 cm³/mol. The lowest BCUT2D eigenvalue weighted by atomic mass is 10.1. The first kappa shape index (κ1) is 15.6. The van der Waals surface area contributed by atoms with Crippen LogP contribution in [-0.2, 0) is 26.0 Å². The molecular formula is C15H21N3O3. The van der Waals surface area contributed by atoms with Gasteiger partial charge in [0, 0.05) is 0 Å². The third kappa shape index (κ3) is 4.10. The van der Waals surface area contributed by atoms with Crippen LogP contribution in [0.25, 0.3) is 0 Å². The van der Waals surface area contributed by atoms with Crippen LogP contribution in [-0.4, -0.2) is 43.0 Å². The van der Waals surface area contributed by atoms with Crippen molar-refractivity contribution < 1.29 is 15.3 Å². The van der Waals surface area contributed by atoms with Crippen molar-refractivity contribution in [3.8, 4) is 0 Å². The average molecular weight is 291 g/mol. The van der Waals surface area contributed by atoms with E-state index < -0.39 is 6.10 Å². The second-order valence-electron chi connectivity index (χ2n) is 5.15. The molecule has 0 aliphatic heterocycles. The Morgan fingerprint density at radius 2 is 1.86 bits per heavy atom. The molecule has 0 fully saturated rings. The summed E-state index contributed by atoms with van der Waals surface area (Å²) in [5.41, 5.74) is 3.73. The molecule has 0 aliphatic rings. The van der Waals surface area contributed by atoms with E-state index in [-0.39, 0.29) is 19.8 Å². The first-order chi connectivity index (χ1) is 10.1. The number of benzene rings is 1.